The maximum Gasteiger partial charge on any atom is 0.182 e. The lowest BCUT2D eigenvalue weighted by molar-refractivity contribution is 0.0991. The third-order valence-electron chi connectivity index (χ3n) is 2.65. The van der Waals surface area contributed by atoms with Gasteiger partial charge < -0.3 is 4.57 Å². The van der Waals surface area contributed by atoms with Crippen molar-refractivity contribution in [1.29, 1.82) is 0 Å². The number of carbonyl (C=O) groups excluding carboxylic acids is 1. The van der Waals surface area contributed by atoms with Crippen molar-refractivity contribution >= 4 is 17.4 Å². The van der Waals surface area contributed by atoms with Crippen LogP contribution in [-0.4, -0.2) is 15.7 Å². The van der Waals surface area contributed by atoms with Gasteiger partial charge in [0.1, 0.15) is 0 Å². The summed E-state index contributed by atoms with van der Waals surface area (Å²) in [5.74, 6) is 0.0205. The van der Waals surface area contributed by atoms with Gasteiger partial charge in [-0.2, -0.15) is 0 Å². The van der Waals surface area contributed by atoms with E-state index in [1.807, 2.05) is 19.9 Å². The number of ketones is 1. The van der Waals surface area contributed by atoms with Crippen molar-refractivity contribution in [2.45, 2.75) is 46.0 Å². The molecule has 1 aromatic heterocycles. The highest BCUT2D eigenvalue weighted by Gasteiger charge is 2.18. The monoisotopic (exact) mass is 227 g/mol. The van der Waals surface area contributed by atoms with Gasteiger partial charge in [0.25, 0.3) is 0 Å². The van der Waals surface area contributed by atoms with Crippen LogP contribution in [0.25, 0.3) is 0 Å². The molecule has 0 aromatic carbocycles. The zero-order valence-corrected chi connectivity index (χ0v) is 10.6. The van der Waals surface area contributed by atoms with E-state index in [0.717, 1.165) is 29.9 Å². The molecule has 15 heavy (non-hydrogen) atoms. The Morgan fingerprint density at radius 1 is 1.53 bits per heavy atom. The molecule has 1 unspecified atom stereocenters. The molecule has 0 saturated heterocycles. The van der Waals surface area contributed by atoms with Crippen LogP contribution < -0.4 is 0 Å². The fraction of sp³-hybridized carbons (Fsp3) is 0.583. The molecule has 0 bridgehead atoms. The Hall–Kier alpha value is -0.760. The first-order chi connectivity index (χ1) is 6.99. The summed E-state index contributed by atoms with van der Waals surface area (Å²) in [6, 6.07) is 1.94. The van der Waals surface area contributed by atoms with Gasteiger partial charge in [0, 0.05) is 23.5 Å². The molecular weight excluding hydrogens is 210 g/mol. The van der Waals surface area contributed by atoms with Crippen molar-refractivity contribution in [2.24, 2.45) is 0 Å². The predicted octanol–water partition coefficient (Wildman–Crippen LogP) is 3.32. The summed E-state index contributed by atoms with van der Waals surface area (Å²) in [6.45, 7) is 8.81. The van der Waals surface area contributed by atoms with Crippen LogP contribution in [-0.2, 0) is 6.54 Å². The average molecular weight is 228 g/mol. The fourth-order valence-corrected chi connectivity index (χ4v) is 1.95. The van der Waals surface area contributed by atoms with Crippen molar-refractivity contribution in [3.63, 3.8) is 0 Å². The van der Waals surface area contributed by atoms with Crippen LogP contribution in [0.15, 0.2) is 6.07 Å². The quantitative estimate of drug-likeness (QED) is 0.571. The van der Waals surface area contributed by atoms with Gasteiger partial charge in [-0.15, -0.1) is 11.6 Å². The second-order valence-corrected chi connectivity index (χ2v) is 4.57. The first-order valence-electron chi connectivity index (χ1n) is 5.34. The van der Waals surface area contributed by atoms with E-state index in [1.54, 1.807) is 6.92 Å². The Bertz CT molecular complexity index is 366. The molecule has 0 aliphatic heterocycles. The van der Waals surface area contributed by atoms with Crippen LogP contribution in [0.2, 0.25) is 0 Å². The van der Waals surface area contributed by atoms with E-state index < -0.39 is 5.38 Å². The number of aryl methyl sites for hydroxylation is 1. The summed E-state index contributed by atoms with van der Waals surface area (Å²) < 4.78 is 2.17. The highest BCUT2D eigenvalue weighted by Crippen LogP contribution is 2.18. The number of Topliss-reactive ketones (excluding diaryl/α,β-unsaturated/α-hetero) is 1. The van der Waals surface area contributed by atoms with Crippen LogP contribution >= 0.6 is 11.6 Å². The van der Waals surface area contributed by atoms with Crippen LogP contribution in [0.5, 0.6) is 0 Å². The normalized spacial score (nSPS) is 12.9. The Morgan fingerprint density at radius 3 is 2.60 bits per heavy atom. The topological polar surface area (TPSA) is 22.0 Å². The van der Waals surface area contributed by atoms with Crippen molar-refractivity contribution in [1.82, 2.24) is 4.57 Å². The van der Waals surface area contributed by atoms with Crippen molar-refractivity contribution in [2.75, 3.05) is 0 Å². The molecule has 1 heterocycles. The molecule has 3 heteroatoms. The Balaban J connectivity index is 3.11. The SMILES string of the molecule is CCCn1c(C)cc(C(=O)C(C)Cl)c1C. The maximum absolute atomic E-state index is 11.8. The number of rotatable bonds is 4. The summed E-state index contributed by atoms with van der Waals surface area (Å²) in [5, 5.41) is -0.444. The molecule has 2 nitrogen and oxygen atoms in total. The predicted molar refractivity (Wildman–Crippen MR) is 63.8 cm³/mol. The van der Waals surface area contributed by atoms with Crippen LogP contribution in [0.4, 0.5) is 0 Å². The van der Waals surface area contributed by atoms with Crippen molar-refractivity contribution in [3.05, 3.63) is 23.0 Å². The zero-order valence-electron chi connectivity index (χ0n) is 9.80. The average Bonchev–Trinajstić information content (AvgIpc) is 2.45. The fourth-order valence-electron chi connectivity index (χ4n) is 1.83. The van der Waals surface area contributed by atoms with Gasteiger partial charge in [-0.05, 0) is 33.3 Å². The number of nitrogens with zero attached hydrogens (tertiary/aromatic N) is 1. The molecular formula is C12H18ClNO. The number of aromatic nitrogens is 1. The Kier molecular flexibility index (Phi) is 3.97. The van der Waals surface area contributed by atoms with Crippen molar-refractivity contribution < 1.29 is 4.79 Å². The molecule has 1 rings (SSSR count). The molecule has 0 fully saturated rings. The van der Waals surface area contributed by atoms with E-state index in [9.17, 15) is 4.79 Å². The second kappa shape index (κ2) is 4.84. The molecule has 1 aromatic rings. The third-order valence-corrected chi connectivity index (χ3v) is 2.85. The minimum atomic E-state index is -0.444. The summed E-state index contributed by atoms with van der Waals surface area (Å²) >= 11 is 5.81. The van der Waals surface area contributed by atoms with E-state index in [0.29, 0.717) is 0 Å². The van der Waals surface area contributed by atoms with Gasteiger partial charge in [0.05, 0.1) is 5.38 Å². The molecule has 0 amide bonds. The minimum Gasteiger partial charge on any atom is -0.348 e. The summed E-state index contributed by atoms with van der Waals surface area (Å²) in [7, 11) is 0. The molecule has 0 aliphatic rings. The first-order valence-corrected chi connectivity index (χ1v) is 5.77. The second-order valence-electron chi connectivity index (χ2n) is 3.92. The summed E-state index contributed by atoms with van der Waals surface area (Å²) in [6.07, 6.45) is 1.07. The van der Waals surface area contributed by atoms with E-state index in [-0.39, 0.29) is 5.78 Å². The zero-order chi connectivity index (χ0) is 11.6. The largest absolute Gasteiger partial charge is 0.348 e. The van der Waals surface area contributed by atoms with Gasteiger partial charge in [-0.3, -0.25) is 4.79 Å². The number of carbonyl (C=O) groups is 1. The van der Waals surface area contributed by atoms with Crippen LogP contribution in [0.1, 0.15) is 42.0 Å². The van der Waals surface area contributed by atoms with E-state index >= 15 is 0 Å². The van der Waals surface area contributed by atoms with Gasteiger partial charge in [-0.1, -0.05) is 6.92 Å². The highest BCUT2D eigenvalue weighted by atomic mass is 35.5. The Morgan fingerprint density at radius 2 is 2.13 bits per heavy atom. The van der Waals surface area contributed by atoms with Gasteiger partial charge in [0.2, 0.25) is 0 Å². The number of alkyl halides is 1. The smallest absolute Gasteiger partial charge is 0.182 e. The molecule has 0 radical (unpaired) electrons. The van der Waals surface area contributed by atoms with Crippen molar-refractivity contribution in [3.8, 4) is 0 Å². The molecule has 0 aliphatic carbocycles. The lowest BCUT2D eigenvalue weighted by Gasteiger charge is -2.08. The molecule has 1 atom stereocenters. The Labute approximate surface area is 96.2 Å². The minimum absolute atomic E-state index is 0.0205. The summed E-state index contributed by atoms with van der Waals surface area (Å²) in [4.78, 5) is 11.8. The third kappa shape index (κ3) is 2.43. The van der Waals surface area contributed by atoms with E-state index in [1.165, 1.54) is 0 Å². The number of hydrogen-bond donors (Lipinski definition) is 0. The highest BCUT2D eigenvalue weighted by molar-refractivity contribution is 6.33. The van der Waals surface area contributed by atoms with E-state index in [4.69, 9.17) is 11.6 Å². The lowest BCUT2D eigenvalue weighted by Crippen LogP contribution is -2.12. The number of halogens is 1. The van der Waals surface area contributed by atoms with Crippen LogP contribution in [0.3, 0.4) is 0 Å². The summed E-state index contributed by atoms with van der Waals surface area (Å²) in [5.41, 5.74) is 2.94. The van der Waals surface area contributed by atoms with Gasteiger partial charge in [0.15, 0.2) is 5.78 Å². The molecule has 84 valence electrons. The lowest BCUT2D eigenvalue weighted by atomic mass is 10.1. The molecule has 0 spiro atoms. The molecule has 0 N–H and O–H groups in total. The van der Waals surface area contributed by atoms with Gasteiger partial charge in [-0.25, -0.2) is 0 Å². The maximum atomic E-state index is 11.8. The standard InChI is InChI=1S/C12H18ClNO/c1-5-6-14-8(2)7-11(10(14)4)12(15)9(3)13/h7,9H,5-6H2,1-4H3. The van der Waals surface area contributed by atoms with Gasteiger partial charge >= 0.3 is 0 Å². The first kappa shape index (κ1) is 12.3. The van der Waals surface area contributed by atoms with Crippen LogP contribution in [0, 0.1) is 13.8 Å². The number of hydrogen-bond acceptors (Lipinski definition) is 1. The van der Waals surface area contributed by atoms with E-state index in [2.05, 4.69) is 11.5 Å². The molecule has 0 saturated carbocycles.